The van der Waals surface area contributed by atoms with Crippen molar-refractivity contribution in [2.24, 2.45) is 0 Å². The topological polar surface area (TPSA) is 108 Å². The molecule has 2 N–H and O–H groups in total. The molecule has 1 saturated heterocycles. The number of benzene rings is 1. The van der Waals surface area contributed by atoms with Crippen molar-refractivity contribution in [2.75, 3.05) is 59.3 Å². The van der Waals surface area contributed by atoms with E-state index in [-0.39, 0.29) is 17.3 Å². The van der Waals surface area contributed by atoms with Gasteiger partial charge in [-0.2, -0.15) is 4.98 Å². The maximum absolute atomic E-state index is 13.6. The molecule has 1 amide bonds. The Bertz CT molecular complexity index is 1170. The number of thioether (sulfide) groups is 1. The molecule has 1 fully saturated rings. The fourth-order valence-corrected chi connectivity index (χ4v) is 6.00. The number of rotatable bonds is 11. The van der Waals surface area contributed by atoms with Crippen LogP contribution in [0.4, 0.5) is 17.5 Å². The summed E-state index contributed by atoms with van der Waals surface area (Å²) in [6.07, 6.45) is 9.61. The molecule has 0 saturated carbocycles. The standard InChI is InChI=1S/C25H36N6O3S2/c1-3-4-5-6-7-16-35-20-8-9-22-19(17-20)10-13-31(22)24(32)21-18-27-25(30-14-11-26-12-15-30)28-23(21)29-36(2,33)34/h8-9,17-18,26H,3-7,10-16H2,1-2H3,(H,27,28,29). The van der Waals surface area contributed by atoms with E-state index in [1.807, 2.05) is 22.7 Å². The number of piperazine rings is 1. The third-order valence-corrected chi connectivity index (χ3v) is 8.04. The first-order valence-corrected chi connectivity index (χ1v) is 15.6. The number of nitrogens with one attached hydrogen (secondary N) is 2. The minimum absolute atomic E-state index is 0.0229. The van der Waals surface area contributed by atoms with Gasteiger partial charge in [-0.1, -0.05) is 32.6 Å². The Kier molecular flexibility index (Phi) is 9.08. The van der Waals surface area contributed by atoms with Crippen LogP contribution in [0.5, 0.6) is 0 Å². The first kappa shape index (κ1) is 26.7. The van der Waals surface area contributed by atoms with E-state index < -0.39 is 10.0 Å². The zero-order valence-corrected chi connectivity index (χ0v) is 22.8. The van der Waals surface area contributed by atoms with Gasteiger partial charge in [0.2, 0.25) is 16.0 Å². The van der Waals surface area contributed by atoms with Gasteiger partial charge < -0.3 is 15.1 Å². The second-order valence-corrected chi connectivity index (χ2v) is 12.2. The van der Waals surface area contributed by atoms with Crippen molar-refractivity contribution < 1.29 is 13.2 Å². The molecular weight excluding hydrogens is 496 g/mol. The molecule has 9 nitrogen and oxygen atoms in total. The van der Waals surface area contributed by atoms with Gasteiger partial charge in [0.15, 0.2) is 5.82 Å². The van der Waals surface area contributed by atoms with Crippen LogP contribution in [0.2, 0.25) is 0 Å². The molecule has 2 aliphatic heterocycles. The summed E-state index contributed by atoms with van der Waals surface area (Å²) >= 11 is 1.87. The van der Waals surface area contributed by atoms with Gasteiger partial charge >= 0.3 is 0 Å². The summed E-state index contributed by atoms with van der Waals surface area (Å²) in [6, 6.07) is 6.25. The molecule has 2 aromatic rings. The predicted molar refractivity (Wildman–Crippen MR) is 147 cm³/mol. The van der Waals surface area contributed by atoms with Crippen LogP contribution in [-0.4, -0.2) is 69.0 Å². The SMILES string of the molecule is CCCCCCCSc1ccc2c(c1)CCN2C(=O)c1cnc(N2CCNCC2)nc1NS(C)(=O)=O. The van der Waals surface area contributed by atoms with Crippen molar-refractivity contribution >= 4 is 45.1 Å². The highest BCUT2D eigenvalue weighted by Crippen LogP contribution is 2.34. The van der Waals surface area contributed by atoms with Gasteiger partial charge in [-0.25, -0.2) is 13.4 Å². The Morgan fingerprint density at radius 1 is 1.14 bits per heavy atom. The van der Waals surface area contributed by atoms with Crippen LogP contribution in [0.3, 0.4) is 0 Å². The van der Waals surface area contributed by atoms with Crippen molar-refractivity contribution in [3.8, 4) is 0 Å². The molecule has 1 aromatic carbocycles. The van der Waals surface area contributed by atoms with Crippen molar-refractivity contribution in [1.29, 1.82) is 0 Å². The number of anilines is 3. The number of carbonyl (C=O) groups excluding carboxylic acids is 1. The first-order chi connectivity index (χ1) is 17.4. The van der Waals surface area contributed by atoms with Gasteiger partial charge in [-0.15, -0.1) is 11.8 Å². The van der Waals surface area contributed by atoms with E-state index in [1.165, 1.54) is 43.2 Å². The fraction of sp³-hybridized carbons (Fsp3) is 0.560. The van der Waals surface area contributed by atoms with Gasteiger partial charge in [0.25, 0.3) is 5.91 Å². The molecule has 0 aliphatic carbocycles. The highest BCUT2D eigenvalue weighted by Gasteiger charge is 2.29. The summed E-state index contributed by atoms with van der Waals surface area (Å²) < 4.78 is 26.6. The second-order valence-electron chi connectivity index (χ2n) is 9.30. The summed E-state index contributed by atoms with van der Waals surface area (Å²) in [4.78, 5) is 27.3. The maximum atomic E-state index is 13.6. The van der Waals surface area contributed by atoms with Crippen LogP contribution in [-0.2, 0) is 16.4 Å². The van der Waals surface area contributed by atoms with E-state index in [0.717, 1.165) is 42.8 Å². The number of sulfonamides is 1. The Hall–Kier alpha value is -2.37. The van der Waals surface area contributed by atoms with Crippen molar-refractivity contribution in [2.45, 2.75) is 50.3 Å². The zero-order valence-electron chi connectivity index (χ0n) is 21.1. The smallest absolute Gasteiger partial charge is 0.263 e. The molecule has 11 heteroatoms. The molecule has 4 rings (SSSR count). The molecule has 0 spiro atoms. The summed E-state index contributed by atoms with van der Waals surface area (Å²) in [5.74, 6) is 1.23. The Balaban J connectivity index is 1.49. The van der Waals surface area contributed by atoms with E-state index in [0.29, 0.717) is 25.6 Å². The summed E-state index contributed by atoms with van der Waals surface area (Å²) in [5.41, 5.74) is 2.15. The molecule has 36 heavy (non-hydrogen) atoms. The number of nitrogens with zero attached hydrogens (tertiary/aromatic N) is 4. The predicted octanol–water partition coefficient (Wildman–Crippen LogP) is 3.52. The van der Waals surface area contributed by atoms with Crippen LogP contribution in [0.15, 0.2) is 29.3 Å². The van der Waals surface area contributed by atoms with Crippen molar-refractivity contribution in [3.05, 3.63) is 35.5 Å². The number of unbranched alkanes of at least 4 members (excludes halogenated alkanes) is 4. The normalized spacial score (nSPS) is 15.7. The molecule has 0 unspecified atom stereocenters. The van der Waals surface area contributed by atoms with Crippen LogP contribution in [0.25, 0.3) is 0 Å². The minimum atomic E-state index is -3.63. The maximum Gasteiger partial charge on any atom is 0.263 e. The number of hydrogen-bond donors (Lipinski definition) is 2. The van der Waals surface area contributed by atoms with Gasteiger partial charge in [0.05, 0.1) is 6.26 Å². The summed E-state index contributed by atoms with van der Waals surface area (Å²) in [5, 5.41) is 3.27. The summed E-state index contributed by atoms with van der Waals surface area (Å²) in [6.45, 7) is 5.78. The van der Waals surface area contributed by atoms with Crippen molar-refractivity contribution in [1.82, 2.24) is 15.3 Å². The van der Waals surface area contributed by atoms with E-state index in [1.54, 1.807) is 4.90 Å². The van der Waals surface area contributed by atoms with Crippen LogP contribution >= 0.6 is 11.8 Å². The fourth-order valence-electron chi connectivity index (χ4n) is 4.52. The lowest BCUT2D eigenvalue weighted by Crippen LogP contribution is -2.44. The lowest BCUT2D eigenvalue weighted by Gasteiger charge is -2.28. The van der Waals surface area contributed by atoms with Gasteiger partial charge in [0, 0.05) is 49.5 Å². The minimum Gasteiger partial charge on any atom is -0.338 e. The Morgan fingerprint density at radius 2 is 1.92 bits per heavy atom. The molecule has 0 bridgehead atoms. The molecule has 0 radical (unpaired) electrons. The van der Waals surface area contributed by atoms with E-state index in [9.17, 15) is 13.2 Å². The third-order valence-electron chi connectivity index (χ3n) is 6.40. The first-order valence-electron chi connectivity index (χ1n) is 12.7. The average Bonchev–Trinajstić information content (AvgIpc) is 3.28. The number of aromatic nitrogens is 2. The second kappa shape index (κ2) is 12.2. The largest absolute Gasteiger partial charge is 0.338 e. The number of hydrogen-bond acceptors (Lipinski definition) is 8. The highest BCUT2D eigenvalue weighted by atomic mass is 32.2. The molecular formula is C25H36N6O3S2. The Labute approximate surface area is 218 Å². The van der Waals surface area contributed by atoms with Crippen LogP contribution < -0.4 is 19.8 Å². The van der Waals surface area contributed by atoms with Gasteiger partial charge in [0.1, 0.15) is 5.56 Å². The van der Waals surface area contributed by atoms with E-state index in [4.69, 9.17) is 0 Å². The quantitative estimate of drug-likeness (QED) is 0.334. The molecule has 1 aromatic heterocycles. The molecule has 3 heterocycles. The van der Waals surface area contributed by atoms with Gasteiger partial charge in [-0.3, -0.25) is 9.52 Å². The molecule has 0 atom stereocenters. The number of carbonyl (C=O) groups is 1. The van der Waals surface area contributed by atoms with Crippen molar-refractivity contribution in [3.63, 3.8) is 0 Å². The Morgan fingerprint density at radius 3 is 2.67 bits per heavy atom. The van der Waals surface area contributed by atoms with E-state index in [2.05, 4.69) is 39.1 Å². The van der Waals surface area contributed by atoms with Crippen LogP contribution in [0.1, 0.15) is 54.9 Å². The monoisotopic (exact) mass is 532 g/mol. The van der Waals surface area contributed by atoms with Gasteiger partial charge in [-0.05, 0) is 42.4 Å². The number of amides is 1. The molecule has 196 valence electrons. The van der Waals surface area contributed by atoms with E-state index >= 15 is 0 Å². The zero-order chi connectivity index (χ0) is 25.5. The van der Waals surface area contributed by atoms with Crippen LogP contribution in [0, 0.1) is 0 Å². The lowest BCUT2D eigenvalue weighted by molar-refractivity contribution is 0.0989. The third kappa shape index (κ3) is 6.89. The summed E-state index contributed by atoms with van der Waals surface area (Å²) in [7, 11) is -3.63. The molecule has 2 aliphatic rings. The number of fused-ring (bicyclic) bond motifs is 1. The highest BCUT2D eigenvalue weighted by molar-refractivity contribution is 7.99. The lowest BCUT2D eigenvalue weighted by atomic mass is 10.2. The average molecular weight is 533 g/mol.